The summed E-state index contributed by atoms with van der Waals surface area (Å²) in [5.74, 6) is 1.05. The highest BCUT2D eigenvalue weighted by molar-refractivity contribution is 7.79. The molecule has 0 saturated heterocycles. The molecule has 0 saturated carbocycles. The second-order valence-electron chi connectivity index (χ2n) is 2.39. The van der Waals surface area contributed by atoms with E-state index in [1.54, 1.807) is 11.7 Å². The number of imidazole rings is 1. The first-order valence-electron chi connectivity index (χ1n) is 3.40. The number of aromatic amines is 1. The van der Waals surface area contributed by atoms with Crippen molar-refractivity contribution in [2.45, 2.75) is 6.04 Å². The normalized spacial score (nSPS) is 20.7. The lowest BCUT2D eigenvalue weighted by Gasteiger charge is -2.15. The second kappa shape index (κ2) is 2.56. The molecule has 2 rings (SSSR count). The molecule has 5 nitrogen and oxygen atoms in total. The summed E-state index contributed by atoms with van der Waals surface area (Å²) >= 11 is 4.80. The Bertz CT molecular complexity index is 341. The number of H-pyrrole nitrogens is 1. The minimum absolute atomic E-state index is 0.182. The first kappa shape index (κ1) is 7.23. The van der Waals surface area contributed by atoms with Crippen LogP contribution in [-0.4, -0.2) is 21.3 Å². The third-order valence-electron chi connectivity index (χ3n) is 1.62. The van der Waals surface area contributed by atoms with E-state index in [0.29, 0.717) is 11.8 Å². The quantitative estimate of drug-likeness (QED) is 0.540. The van der Waals surface area contributed by atoms with Crippen molar-refractivity contribution in [3.05, 3.63) is 12.0 Å². The van der Waals surface area contributed by atoms with E-state index in [1.807, 2.05) is 0 Å². The summed E-state index contributed by atoms with van der Waals surface area (Å²) in [7, 11) is 0. The summed E-state index contributed by atoms with van der Waals surface area (Å²) in [6, 6.07) is -0.182. The van der Waals surface area contributed by atoms with Crippen molar-refractivity contribution >= 4 is 29.4 Å². The lowest BCUT2D eigenvalue weighted by atomic mass is 10.2. The number of guanidine groups is 1. The van der Waals surface area contributed by atoms with Gasteiger partial charge in [-0.2, -0.15) is 0 Å². The van der Waals surface area contributed by atoms with Crippen LogP contribution in [0, 0.1) is 0 Å². The van der Waals surface area contributed by atoms with Gasteiger partial charge in [0.25, 0.3) is 0 Å². The largest absolute Gasteiger partial charge is 0.370 e. The molecule has 2 heterocycles. The Morgan fingerprint density at radius 1 is 1.67 bits per heavy atom. The number of aliphatic imine (C=N–C) groups is 1. The van der Waals surface area contributed by atoms with E-state index >= 15 is 0 Å². The Balaban J connectivity index is 2.46. The molecular formula is C6H7N5S. The van der Waals surface area contributed by atoms with Crippen molar-refractivity contribution in [3.63, 3.8) is 0 Å². The van der Waals surface area contributed by atoms with E-state index in [2.05, 4.69) is 20.3 Å². The van der Waals surface area contributed by atoms with Gasteiger partial charge in [-0.3, -0.25) is 0 Å². The standard InChI is InChI=1S/C6H7N5S/c7-6-10-3(1-12)4-5(11-6)9-2-8-4/h1-3H,(H,8,9)(H3,7,10,11). The maximum atomic E-state index is 5.49. The molecule has 0 aromatic carbocycles. The van der Waals surface area contributed by atoms with Gasteiger partial charge in [-0.25, -0.2) is 9.98 Å². The van der Waals surface area contributed by atoms with Crippen LogP contribution in [0.4, 0.5) is 5.82 Å². The van der Waals surface area contributed by atoms with Crippen molar-refractivity contribution in [3.8, 4) is 0 Å². The number of nitrogens with zero attached hydrogens (tertiary/aromatic N) is 2. The van der Waals surface area contributed by atoms with Crippen LogP contribution < -0.4 is 11.1 Å². The fraction of sp³-hybridized carbons (Fsp3) is 0.167. The highest BCUT2D eigenvalue weighted by atomic mass is 32.1. The summed E-state index contributed by atoms with van der Waals surface area (Å²) in [5.41, 5.74) is 6.35. The predicted molar refractivity (Wildman–Crippen MR) is 50.2 cm³/mol. The molecule has 1 atom stereocenters. The molecule has 1 aromatic heterocycles. The van der Waals surface area contributed by atoms with Gasteiger partial charge in [-0.05, 0) is 0 Å². The average Bonchev–Trinajstić information content (AvgIpc) is 2.50. The van der Waals surface area contributed by atoms with E-state index in [-0.39, 0.29) is 6.04 Å². The number of hydrogen-bond acceptors (Lipinski definition) is 5. The van der Waals surface area contributed by atoms with Crippen LogP contribution in [0.5, 0.6) is 0 Å². The maximum absolute atomic E-state index is 5.49. The average molecular weight is 181 g/mol. The number of thiocarbonyl (C=S) groups is 1. The van der Waals surface area contributed by atoms with Gasteiger partial charge < -0.3 is 16.0 Å². The van der Waals surface area contributed by atoms with Gasteiger partial charge in [0.1, 0.15) is 6.04 Å². The van der Waals surface area contributed by atoms with Crippen LogP contribution in [-0.2, 0) is 0 Å². The minimum atomic E-state index is -0.182. The van der Waals surface area contributed by atoms with Gasteiger partial charge in [-0.15, -0.1) is 0 Å². The SMILES string of the molecule is NC1=NC(C=S)c2[nH]cnc2N1. The summed E-state index contributed by atoms with van der Waals surface area (Å²) in [6.45, 7) is 0. The lowest BCUT2D eigenvalue weighted by molar-refractivity contribution is 0.930. The molecule has 1 aliphatic heterocycles. The Morgan fingerprint density at radius 3 is 3.25 bits per heavy atom. The zero-order chi connectivity index (χ0) is 8.55. The number of fused-ring (bicyclic) bond motifs is 1. The van der Waals surface area contributed by atoms with Gasteiger partial charge in [-0.1, -0.05) is 12.2 Å². The molecule has 1 aliphatic rings. The number of aromatic nitrogens is 2. The molecule has 12 heavy (non-hydrogen) atoms. The van der Waals surface area contributed by atoms with Crippen molar-refractivity contribution in [1.82, 2.24) is 9.97 Å². The van der Waals surface area contributed by atoms with E-state index in [4.69, 9.17) is 18.0 Å². The summed E-state index contributed by atoms with van der Waals surface area (Å²) in [4.78, 5) is 11.0. The molecule has 0 fully saturated rings. The number of anilines is 1. The van der Waals surface area contributed by atoms with Gasteiger partial charge >= 0.3 is 0 Å². The highest BCUT2D eigenvalue weighted by Crippen LogP contribution is 2.23. The Kier molecular flexibility index (Phi) is 1.54. The molecule has 0 aliphatic carbocycles. The molecular weight excluding hydrogens is 174 g/mol. The molecule has 0 spiro atoms. The zero-order valence-electron chi connectivity index (χ0n) is 6.11. The monoisotopic (exact) mass is 181 g/mol. The maximum Gasteiger partial charge on any atom is 0.195 e. The van der Waals surface area contributed by atoms with Crippen molar-refractivity contribution < 1.29 is 0 Å². The Hall–Kier alpha value is -1.43. The van der Waals surface area contributed by atoms with E-state index in [9.17, 15) is 0 Å². The Morgan fingerprint density at radius 2 is 2.50 bits per heavy atom. The van der Waals surface area contributed by atoms with Crippen LogP contribution in [0.2, 0.25) is 0 Å². The van der Waals surface area contributed by atoms with Crippen LogP contribution >= 0.6 is 12.2 Å². The number of nitrogens with two attached hydrogens (primary N) is 1. The minimum Gasteiger partial charge on any atom is -0.370 e. The van der Waals surface area contributed by atoms with Crippen LogP contribution in [0.1, 0.15) is 11.7 Å². The second-order valence-corrected chi connectivity index (χ2v) is 2.66. The molecule has 62 valence electrons. The number of hydrogen-bond donors (Lipinski definition) is 3. The Labute approximate surface area is 74.1 Å². The molecule has 0 radical (unpaired) electrons. The third kappa shape index (κ3) is 0.964. The van der Waals surface area contributed by atoms with Gasteiger partial charge in [0.15, 0.2) is 11.8 Å². The molecule has 1 aromatic rings. The summed E-state index contributed by atoms with van der Waals surface area (Å²) in [5, 5.41) is 4.37. The fourth-order valence-electron chi connectivity index (χ4n) is 1.10. The fourth-order valence-corrected chi connectivity index (χ4v) is 1.29. The first-order valence-corrected chi connectivity index (χ1v) is 3.87. The van der Waals surface area contributed by atoms with E-state index in [1.165, 1.54) is 0 Å². The van der Waals surface area contributed by atoms with Crippen molar-refractivity contribution in [2.24, 2.45) is 10.7 Å². The molecule has 1 unspecified atom stereocenters. The molecule has 0 bridgehead atoms. The summed E-state index contributed by atoms with van der Waals surface area (Å²) < 4.78 is 0. The third-order valence-corrected chi connectivity index (χ3v) is 1.88. The van der Waals surface area contributed by atoms with Gasteiger partial charge in [0.2, 0.25) is 0 Å². The van der Waals surface area contributed by atoms with E-state index in [0.717, 1.165) is 5.69 Å². The molecule has 0 amide bonds. The molecule has 6 heteroatoms. The van der Waals surface area contributed by atoms with Gasteiger partial charge in [0, 0.05) is 5.37 Å². The van der Waals surface area contributed by atoms with Gasteiger partial charge in [0.05, 0.1) is 12.0 Å². The predicted octanol–water partition coefficient (Wildman–Crippen LogP) is 0.191. The van der Waals surface area contributed by atoms with Crippen LogP contribution in [0.25, 0.3) is 0 Å². The highest BCUT2D eigenvalue weighted by Gasteiger charge is 2.19. The summed E-state index contributed by atoms with van der Waals surface area (Å²) in [6.07, 6.45) is 1.58. The molecule has 4 N–H and O–H groups in total. The van der Waals surface area contributed by atoms with Crippen molar-refractivity contribution in [1.29, 1.82) is 0 Å². The number of rotatable bonds is 1. The first-order chi connectivity index (χ1) is 5.81. The number of nitrogens with one attached hydrogen (secondary N) is 2. The van der Waals surface area contributed by atoms with Crippen LogP contribution in [0.3, 0.4) is 0 Å². The smallest absolute Gasteiger partial charge is 0.195 e. The lowest BCUT2D eigenvalue weighted by Crippen LogP contribution is -2.28. The van der Waals surface area contributed by atoms with E-state index < -0.39 is 0 Å². The van der Waals surface area contributed by atoms with Crippen molar-refractivity contribution in [2.75, 3.05) is 5.32 Å². The topological polar surface area (TPSA) is 79.1 Å². The van der Waals surface area contributed by atoms with Crippen LogP contribution in [0.15, 0.2) is 11.3 Å². The zero-order valence-corrected chi connectivity index (χ0v) is 6.93.